The van der Waals surface area contributed by atoms with Crippen molar-refractivity contribution in [1.82, 2.24) is 0 Å². The van der Waals surface area contributed by atoms with Crippen LogP contribution in [0.1, 0.15) is 42.3 Å². The van der Waals surface area contributed by atoms with E-state index in [2.05, 4.69) is 0 Å². The summed E-state index contributed by atoms with van der Waals surface area (Å²) < 4.78 is 4.70. The molecular weight excluding hydrogens is 304 g/mol. The number of aliphatic hydroxyl groups is 1. The molecule has 0 aliphatic rings. The SMILES string of the molecule is Cc1ccc(C(C)(C)C)cc1C(=O)O[C@@H](C(=O)O)[C@@H](O)C(=O)O. The number of benzene rings is 1. The molecule has 1 rings (SSSR count). The summed E-state index contributed by atoms with van der Waals surface area (Å²) in [5.74, 6) is -4.52. The third kappa shape index (κ3) is 4.53. The quantitative estimate of drug-likeness (QED) is 0.699. The highest BCUT2D eigenvalue weighted by Crippen LogP contribution is 2.25. The lowest BCUT2D eigenvalue weighted by Crippen LogP contribution is -2.43. The number of hydrogen-bond donors (Lipinski definition) is 3. The van der Waals surface area contributed by atoms with Gasteiger partial charge in [0.25, 0.3) is 0 Å². The summed E-state index contributed by atoms with van der Waals surface area (Å²) >= 11 is 0. The zero-order valence-corrected chi connectivity index (χ0v) is 13.4. The summed E-state index contributed by atoms with van der Waals surface area (Å²) in [7, 11) is 0. The highest BCUT2D eigenvalue weighted by molar-refractivity contribution is 5.94. The molecule has 0 spiro atoms. The van der Waals surface area contributed by atoms with Crippen molar-refractivity contribution in [1.29, 1.82) is 0 Å². The number of hydrogen-bond acceptors (Lipinski definition) is 5. The van der Waals surface area contributed by atoms with Crippen LogP contribution < -0.4 is 0 Å². The second-order valence-electron chi connectivity index (χ2n) is 6.23. The van der Waals surface area contributed by atoms with Crippen molar-refractivity contribution in [2.24, 2.45) is 0 Å². The third-order valence-corrected chi connectivity index (χ3v) is 3.34. The first-order valence-electron chi connectivity index (χ1n) is 6.91. The molecule has 1 aromatic rings. The van der Waals surface area contributed by atoms with Crippen molar-refractivity contribution < 1.29 is 34.4 Å². The fraction of sp³-hybridized carbons (Fsp3) is 0.438. The minimum atomic E-state index is -2.34. The first-order valence-corrected chi connectivity index (χ1v) is 6.91. The molecule has 0 amide bonds. The van der Waals surface area contributed by atoms with Gasteiger partial charge in [-0.2, -0.15) is 0 Å². The van der Waals surface area contributed by atoms with E-state index < -0.39 is 30.1 Å². The van der Waals surface area contributed by atoms with Gasteiger partial charge in [-0.05, 0) is 29.5 Å². The molecule has 2 atom stereocenters. The van der Waals surface area contributed by atoms with Crippen LogP contribution in [0.2, 0.25) is 0 Å². The van der Waals surface area contributed by atoms with Crippen molar-refractivity contribution >= 4 is 17.9 Å². The van der Waals surface area contributed by atoms with Crippen LogP contribution in [0.4, 0.5) is 0 Å². The number of carbonyl (C=O) groups excluding carboxylic acids is 1. The molecule has 0 saturated heterocycles. The van der Waals surface area contributed by atoms with E-state index in [4.69, 9.17) is 14.9 Å². The van der Waals surface area contributed by atoms with Gasteiger partial charge >= 0.3 is 17.9 Å². The predicted molar refractivity (Wildman–Crippen MR) is 80.4 cm³/mol. The van der Waals surface area contributed by atoms with Crippen molar-refractivity contribution in [3.05, 3.63) is 34.9 Å². The number of carboxylic acid groups (broad SMARTS) is 2. The average molecular weight is 324 g/mol. The monoisotopic (exact) mass is 324 g/mol. The molecule has 23 heavy (non-hydrogen) atoms. The molecule has 3 N–H and O–H groups in total. The first kappa shape index (κ1) is 18.6. The number of carbonyl (C=O) groups is 3. The molecule has 0 bridgehead atoms. The average Bonchev–Trinajstić information content (AvgIpc) is 2.42. The fourth-order valence-corrected chi connectivity index (χ4v) is 1.87. The van der Waals surface area contributed by atoms with Crippen molar-refractivity contribution in [2.45, 2.75) is 45.3 Å². The molecule has 0 unspecified atom stereocenters. The highest BCUT2D eigenvalue weighted by Gasteiger charge is 2.36. The maximum Gasteiger partial charge on any atom is 0.348 e. The standard InChI is InChI=1S/C16H20O7/c1-8-5-6-9(16(2,3)4)7-10(8)15(22)23-12(14(20)21)11(17)13(18)19/h5-7,11-12,17H,1-4H3,(H,18,19)(H,20,21)/t11-,12-/m1/s1. The van der Waals surface area contributed by atoms with E-state index in [1.807, 2.05) is 26.8 Å². The Morgan fingerprint density at radius 3 is 2.09 bits per heavy atom. The number of aliphatic carboxylic acids is 2. The van der Waals surface area contributed by atoms with Crippen LogP contribution in [0.25, 0.3) is 0 Å². The molecule has 7 heteroatoms. The van der Waals surface area contributed by atoms with E-state index in [0.29, 0.717) is 5.56 Å². The fourth-order valence-electron chi connectivity index (χ4n) is 1.87. The van der Waals surface area contributed by atoms with Crippen LogP contribution in [0.15, 0.2) is 18.2 Å². The predicted octanol–water partition coefficient (Wildman–Crippen LogP) is 1.35. The van der Waals surface area contributed by atoms with Gasteiger partial charge in [0.2, 0.25) is 6.10 Å². The number of aliphatic hydroxyl groups excluding tert-OH is 1. The van der Waals surface area contributed by atoms with Crippen molar-refractivity contribution in [2.75, 3.05) is 0 Å². The van der Waals surface area contributed by atoms with Crippen LogP contribution in [0.3, 0.4) is 0 Å². The Morgan fingerprint density at radius 2 is 1.65 bits per heavy atom. The molecule has 1 aromatic carbocycles. The number of aryl methyl sites for hydroxylation is 1. The Bertz CT molecular complexity index is 628. The van der Waals surface area contributed by atoms with Crippen molar-refractivity contribution in [3.63, 3.8) is 0 Å². The Hall–Kier alpha value is -2.41. The van der Waals surface area contributed by atoms with E-state index in [9.17, 15) is 19.5 Å². The largest absolute Gasteiger partial charge is 0.479 e. The van der Waals surface area contributed by atoms with Crippen LogP contribution in [0.5, 0.6) is 0 Å². The summed E-state index contributed by atoms with van der Waals surface area (Å²) in [5.41, 5.74) is 1.27. The zero-order valence-electron chi connectivity index (χ0n) is 13.4. The summed E-state index contributed by atoms with van der Waals surface area (Å²) in [4.78, 5) is 33.9. The Morgan fingerprint density at radius 1 is 1.09 bits per heavy atom. The molecule has 0 aliphatic heterocycles. The molecule has 0 aliphatic carbocycles. The van der Waals surface area contributed by atoms with Gasteiger partial charge in [-0.25, -0.2) is 14.4 Å². The van der Waals surface area contributed by atoms with E-state index >= 15 is 0 Å². The minimum Gasteiger partial charge on any atom is -0.479 e. The summed E-state index contributed by atoms with van der Waals surface area (Å²) in [6, 6.07) is 5.11. The van der Waals surface area contributed by atoms with Crippen LogP contribution in [0, 0.1) is 6.92 Å². The Labute approximate surface area is 133 Å². The maximum atomic E-state index is 12.2. The number of ether oxygens (including phenoxy) is 1. The minimum absolute atomic E-state index is 0.126. The van der Waals surface area contributed by atoms with Gasteiger partial charge in [-0.1, -0.05) is 32.9 Å². The third-order valence-electron chi connectivity index (χ3n) is 3.34. The van der Waals surface area contributed by atoms with Crippen LogP contribution in [-0.4, -0.2) is 45.4 Å². The lowest BCUT2D eigenvalue weighted by molar-refractivity contribution is -0.166. The van der Waals surface area contributed by atoms with E-state index in [1.54, 1.807) is 19.1 Å². The van der Waals surface area contributed by atoms with Crippen molar-refractivity contribution in [3.8, 4) is 0 Å². The van der Waals surface area contributed by atoms with Gasteiger partial charge in [0, 0.05) is 0 Å². The molecule has 0 fully saturated rings. The first-order chi connectivity index (χ1) is 10.4. The zero-order chi connectivity index (χ0) is 17.9. The van der Waals surface area contributed by atoms with Gasteiger partial charge in [0.1, 0.15) is 0 Å². The molecular formula is C16H20O7. The lowest BCUT2D eigenvalue weighted by atomic mass is 9.85. The van der Waals surface area contributed by atoms with Gasteiger partial charge in [0.15, 0.2) is 6.10 Å². The maximum absolute atomic E-state index is 12.2. The molecule has 0 saturated carbocycles. The summed E-state index contributed by atoms with van der Waals surface area (Å²) in [6.07, 6.45) is -4.53. The van der Waals surface area contributed by atoms with Gasteiger partial charge in [-0.3, -0.25) is 0 Å². The number of carboxylic acids is 2. The topological polar surface area (TPSA) is 121 Å². The number of rotatable bonds is 5. The smallest absolute Gasteiger partial charge is 0.348 e. The highest BCUT2D eigenvalue weighted by atomic mass is 16.6. The van der Waals surface area contributed by atoms with Crippen LogP contribution in [-0.2, 0) is 19.7 Å². The van der Waals surface area contributed by atoms with Gasteiger partial charge in [0.05, 0.1) is 5.56 Å². The molecule has 126 valence electrons. The molecule has 0 radical (unpaired) electrons. The van der Waals surface area contributed by atoms with E-state index in [0.717, 1.165) is 5.56 Å². The summed E-state index contributed by atoms with van der Waals surface area (Å²) in [6.45, 7) is 7.48. The van der Waals surface area contributed by atoms with Gasteiger partial charge < -0.3 is 20.1 Å². The number of esters is 1. The Balaban J connectivity index is 3.14. The molecule has 0 aromatic heterocycles. The molecule has 0 heterocycles. The Kier molecular flexibility index (Phi) is 5.50. The van der Waals surface area contributed by atoms with Gasteiger partial charge in [-0.15, -0.1) is 0 Å². The normalized spacial score (nSPS) is 14.0. The van der Waals surface area contributed by atoms with Crippen LogP contribution >= 0.6 is 0 Å². The molecule has 7 nitrogen and oxygen atoms in total. The van der Waals surface area contributed by atoms with E-state index in [-0.39, 0.29) is 11.0 Å². The second-order valence-corrected chi connectivity index (χ2v) is 6.23. The lowest BCUT2D eigenvalue weighted by Gasteiger charge is -2.21. The second kappa shape index (κ2) is 6.78. The van der Waals surface area contributed by atoms with E-state index in [1.165, 1.54) is 0 Å². The summed E-state index contributed by atoms with van der Waals surface area (Å²) in [5, 5.41) is 27.0.